The van der Waals surface area contributed by atoms with Crippen LogP contribution in [0.2, 0.25) is 0 Å². The molecule has 0 bridgehead atoms. The first-order valence-corrected chi connectivity index (χ1v) is 7.08. The van der Waals surface area contributed by atoms with E-state index in [4.69, 9.17) is 4.74 Å². The molecule has 0 saturated heterocycles. The number of benzene rings is 2. The lowest BCUT2D eigenvalue weighted by atomic mass is 10.1. The second kappa shape index (κ2) is 5.29. The standard InChI is InChI=1S/C17H14OS/c1-13-12-15(18-14-6-3-2-4-7-14)9-10-16(13)17-8-5-11-19-17/h2-12H,1H3. The Labute approximate surface area is 117 Å². The van der Waals surface area contributed by atoms with Crippen LogP contribution < -0.4 is 4.74 Å². The second-order valence-electron chi connectivity index (χ2n) is 4.37. The summed E-state index contributed by atoms with van der Waals surface area (Å²) >= 11 is 1.76. The highest BCUT2D eigenvalue weighted by Crippen LogP contribution is 2.31. The first kappa shape index (κ1) is 12.0. The smallest absolute Gasteiger partial charge is 0.127 e. The minimum atomic E-state index is 0.866. The molecule has 3 aromatic rings. The zero-order chi connectivity index (χ0) is 13.1. The summed E-state index contributed by atoms with van der Waals surface area (Å²) < 4.78 is 5.83. The highest BCUT2D eigenvalue weighted by Gasteiger charge is 2.05. The molecule has 0 spiro atoms. The third kappa shape index (κ3) is 2.69. The average Bonchev–Trinajstić information content (AvgIpc) is 2.94. The van der Waals surface area contributed by atoms with E-state index in [-0.39, 0.29) is 0 Å². The van der Waals surface area contributed by atoms with E-state index in [1.165, 1.54) is 16.0 Å². The molecule has 0 radical (unpaired) electrons. The van der Waals surface area contributed by atoms with Crippen molar-refractivity contribution in [2.24, 2.45) is 0 Å². The zero-order valence-electron chi connectivity index (χ0n) is 10.7. The van der Waals surface area contributed by atoms with Gasteiger partial charge in [0.2, 0.25) is 0 Å². The maximum atomic E-state index is 5.83. The maximum Gasteiger partial charge on any atom is 0.127 e. The summed E-state index contributed by atoms with van der Waals surface area (Å²) in [5, 5.41) is 2.10. The van der Waals surface area contributed by atoms with E-state index in [2.05, 4.69) is 36.6 Å². The van der Waals surface area contributed by atoms with Crippen LogP contribution in [0.25, 0.3) is 10.4 Å². The fraction of sp³-hybridized carbons (Fsp3) is 0.0588. The number of thiophene rings is 1. The van der Waals surface area contributed by atoms with Gasteiger partial charge in [-0.1, -0.05) is 24.3 Å². The summed E-state index contributed by atoms with van der Waals surface area (Å²) in [4.78, 5) is 1.30. The SMILES string of the molecule is Cc1cc(Oc2ccccc2)ccc1-c1cccs1. The van der Waals surface area contributed by atoms with E-state index in [1.54, 1.807) is 11.3 Å². The zero-order valence-corrected chi connectivity index (χ0v) is 11.5. The number of hydrogen-bond donors (Lipinski definition) is 0. The van der Waals surface area contributed by atoms with E-state index in [1.807, 2.05) is 36.4 Å². The minimum Gasteiger partial charge on any atom is -0.457 e. The Bertz CT molecular complexity index is 657. The van der Waals surface area contributed by atoms with Gasteiger partial charge in [0.1, 0.15) is 11.5 Å². The van der Waals surface area contributed by atoms with Crippen LogP contribution in [0.5, 0.6) is 11.5 Å². The van der Waals surface area contributed by atoms with Crippen LogP contribution >= 0.6 is 11.3 Å². The summed E-state index contributed by atoms with van der Waals surface area (Å²) in [7, 11) is 0. The molecule has 0 unspecified atom stereocenters. The first-order chi connectivity index (χ1) is 9.33. The number of rotatable bonds is 3. The van der Waals surface area contributed by atoms with Gasteiger partial charge in [-0.15, -0.1) is 11.3 Å². The molecule has 0 atom stereocenters. The molecule has 2 aromatic carbocycles. The van der Waals surface area contributed by atoms with Crippen LogP contribution in [-0.4, -0.2) is 0 Å². The quantitative estimate of drug-likeness (QED) is 0.607. The van der Waals surface area contributed by atoms with Crippen LogP contribution in [-0.2, 0) is 0 Å². The molecule has 94 valence electrons. The van der Waals surface area contributed by atoms with Gasteiger partial charge in [-0.3, -0.25) is 0 Å². The lowest BCUT2D eigenvalue weighted by molar-refractivity contribution is 0.482. The van der Waals surface area contributed by atoms with Crippen LogP contribution in [0.15, 0.2) is 66.0 Å². The topological polar surface area (TPSA) is 9.23 Å². The largest absolute Gasteiger partial charge is 0.457 e. The van der Waals surface area contributed by atoms with Crippen molar-refractivity contribution in [3.8, 4) is 21.9 Å². The van der Waals surface area contributed by atoms with Crippen LogP contribution in [0.3, 0.4) is 0 Å². The fourth-order valence-corrected chi connectivity index (χ4v) is 2.85. The third-order valence-electron chi connectivity index (χ3n) is 2.96. The normalized spacial score (nSPS) is 10.4. The molecule has 0 aliphatic heterocycles. The molecule has 3 rings (SSSR count). The van der Waals surface area contributed by atoms with Gasteiger partial charge in [-0.25, -0.2) is 0 Å². The Morgan fingerprint density at radius 3 is 2.37 bits per heavy atom. The molecule has 0 aliphatic rings. The second-order valence-corrected chi connectivity index (χ2v) is 5.32. The Kier molecular flexibility index (Phi) is 3.34. The summed E-state index contributed by atoms with van der Waals surface area (Å²) in [6.07, 6.45) is 0. The number of ether oxygens (including phenoxy) is 1. The fourth-order valence-electron chi connectivity index (χ4n) is 2.03. The van der Waals surface area contributed by atoms with E-state index >= 15 is 0 Å². The summed E-state index contributed by atoms with van der Waals surface area (Å²) in [6, 6.07) is 20.3. The summed E-state index contributed by atoms with van der Waals surface area (Å²) in [5.41, 5.74) is 2.51. The maximum absolute atomic E-state index is 5.83. The average molecular weight is 266 g/mol. The Morgan fingerprint density at radius 2 is 1.68 bits per heavy atom. The van der Waals surface area contributed by atoms with Crippen LogP contribution in [0, 0.1) is 6.92 Å². The van der Waals surface area contributed by atoms with Gasteiger partial charge < -0.3 is 4.74 Å². The predicted molar refractivity (Wildman–Crippen MR) is 81.0 cm³/mol. The van der Waals surface area contributed by atoms with Gasteiger partial charge in [0.15, 0.2) is 0 Å². The predicted octanol–water partition coefficient (Wildman–Crippen LogP) is 5.52. The van der Waals surface area contributed by atoms with Gasteiger partial charge in [0.05, 0.1) is 0 Å². The van der Waals surface area contributed by atoms with Crippen molar-refractivity contribution in [3.05, 3.63) is 71.6 Å². The third-order valence-corrected chi connectivity index (χ3v) is 3.87. The van der Waals surface area contributed by atoms with Crippen molar-refractivity contribution < 1.29 is 4.74 Å². The Hall–Kier alpha value is -2.06. The van der Waals surface area contributed by atoms with Gasteiger partial charge in [0, 0.05) is 4.88 Å². The molecular weight excluding hydrogens is 252 g/mol. The molecule has 0 aliphatic carbocycles. The van der Waals surface area contributed by atoms with E-state index in [0.29, 0.717) is 0 Å². The summed E-state index contributed by atoms with van der Waals surface area (Å²) in [6.45, 7) is 2.12. The van der Waals surface area contributed by atoms with Gasteiger partial charge in [-0.05, 0) is 59.8 Å². The molecule has 0 N–H and O–H groups in total. The molecule has 1 heterocycles. The van der Waals surface area contributed by atoms with Crippen molar-refractivity contribution in [1.29, 1.82) is 0 Å². The molecule has 0 amide bonds. The molecule has 1 aromatic heterocycles. The molecule has 0 saturated carbocycles. The molecule has 0 fully saturated rings. The molecule has 2 heteroatoms. The number of hydrogen-bond acceptors (Lipinski definition) is 2. The lowest BCUT2D eigenvalue weighted by Gasteiger charge is -2.09. The van der Waals surface area contributed by atoms with Gasteiger partial charge in [0.25, 0.3) is 0 Å². The van der Waals surface area contributed by atoms with E-state index < -0.39 is 0 Å². The number of aryl methyl sites for hydroxylation is 1. The van der Waals surface area contributed by atoms with Gasteiger partial charge in [-0.2, -0.15) is 0 Å². The minimum absolute atomic E-state index is 0.866. The highest BCUT2D eigenvalue weighted by atomic mass is 32.1. The lowest BCUT2D eigenvalue weighted by Crippen LogP contribution is -1.86. The number of para-hydroxylation sites is 1. The van der Waals surface area contributed by atoms with Crippen molar-refractivity contribution in [1.82, 2.24) is 0 Å². The van der Waals surface area contributed by atoms with Crippen LogP contribution in [0.4, 0.5) is 0 Å². The van der Waals surface area contributed by atoms with Crippen molar-refractivity contribution >= 4 is 11.3 Å². The van der Waals surface area contributed by atoms with Crippen molar-refractivity contribution in [2.45, 2.75) is 6.92 Å². The highest BCUT2D eigenvalue weighted by molar-refractivity contribution is 7.13. The molecule has 1 nitrogen and oxygen atoms in total. The Balaban J connectivity index is 1.88. The summed E-state index contributed by atoms with van der Waals surface area (Å²) in [5.74, 6) is 1.75. The molecular formula is C17H14OS. The van der Waals surface area contributed by atoms with Crippen molar-refractivity contribution in [3.63, 3.8) is 0 Å². The first-order valence-electron chi connectivity index (χ1n) is 6.20. The van der Waals surface area contributed by atoms with Crippen LogP contribution in [0.1, 0.15) is 5.56 Å². The Morgan fingerprint density at radius 1 is 0.842 bits per heavy atom. The monoisotopic (exact) mass is 266 g/mol. The van der Waals surface area contributed by atoms with E-state index in [0.717, 1.165) is 11.5 Å². The van der Waals surface area contributed by atoms with Gasteiger partial charge >= 0.3 is 0 Å². The molecule has 19 heavy (non-hydrogen) atoms. The van der Waals surface area contributed by atoms with E-state index in [9.17, 15) is 0 Å². The van der Waals surface area contributed by atoms with Crippen molar-refractivity contribution in [2.75, 3.05) is 0 Å².